The van der Waals surface area contributed by atoms with Crippen LogP contribution in [-0.4, -0.2) is 39.6 Å². The molecule has 0 bridgehead atoms. The van der Waals surface area contributed by atoms with Crippen molar-refractivity contribution >= 4 is 38.1 Å². The van der Waals surface area contributed by atoms with Gasteiger partial charge in [-0.3, -0.25) is 9.52 Å². The van der Waals surface area contributed by atoms with Gasteiger partial charge in [0.25, 0.3) is 15.9 Å². The summed E-state index contributed by atoms with van der Waals surface area (Å²) in [6.07, 6.45) is 1.65. The van der Waals surface area contributed by atoms with Gasteiger partial charge >= 0.3 is 0 Å². The van der Waals surface area contributed by atoms with Crippen molar-refractivity contribution in [3.05, 3.63) is 60.0 Å². The van der Waals surface area contributed by atoms with E-state index in [0.29, 0.717) is 35.0 Å². The Morgan fingerprint density at radius 3 is 2.84 bits per heavy atom. The fourth-order valence-corrected chi connectivity index (χ4v) is 5.39. The molecular formula is C22H21N3O5S2. The first-order valence-corrected chi connectivity index (χ1v) is 12.0. The third-order valence-electron chi connectivity index (χ3n) is 4.91. The van der Waals surface area contributed by atoms with Crippen LogP contribution < -0.4 is 19.1 Å². The molecule has 0 atom stereocenters. The zero-order valence-corrected chi connectivity index (χ0v) is 19.1. The molecule has 0 aliphatic carbocycles. The van der Waals surface area contributed by atoms with Crippen molar-refractivity contribution in [3.63, 3.8) is 0 Å². The van der Waals surface area contributed by atoms with Crippen LogP contribution in [0.15, 0.2) is 59.3 Å². The van der Waals surface area contributed by atoms with E-state index in [1.54, 1.807) is 47.5 Å². The molecule has 0 fully saturated rings. The van der Waals surface area contributed by atoms with Crippen LogP contribution in [0.4, 0.5) is 10.8 Å². The van der Waals surface area contributed by atoms with E-state index in [1.165, 1.54) is 24.5 Å². The van der Waals surface area contributed by atoms with Crippen molar-refractivity contribution < 1.29 is 22.7 Å². The average molecular weight is 472 g/mol. The Bertz CT molecular complexity index is 1300. The van der Waals surface area contributed by atoms with Crippen LogP contribution in [0.2, 0.25) is 0 Å². The summed E-state index contributed by atoms with van der Waals surface area (Å²) in [7, 11) is -2.28. The molecule has 166 valence electrons. The number of aryl methyl sites for hydroxylation is 1. The summed E-state index contributed by atoms with van der Waals surface area (Å²) in [4.78, 5) is 18.4. The zero-order chi connectivity index (χ0) is 22.9. The van der Waals surface area contributed by atoms with Crippen molar-refractivity contribution in [2.45, 2.75) is 11.8 Å². The van der Waals surface area contributed by atoms with E-state index in [2.05, 4.69) is 16.3 Å². The Kier molecular flexibility index (Phi) is 5.90. The van der Waals surface area contributed by atoms with Gasteiger partial charge in [0.15, 0.2) is 11.7 Å². The van der Waals surface area contributed by atoms with Crippen molar-refractivity contribution in [2.75, 3.05) is 29.9 Å². The van der Waals surface area contributed by atoms with Gasteiger partial charge in [0.2, 0.25) is 0 Å². The van der Waals surface area contributed by atoms with Gasteiger partial charge in [-0.05, 0) is 48.9 Å². The molecule has 0 saturated heterocycles. The summed E-state index contributed by atoms with van der Waals surface area (Å²) in [6, 6.07) is 10.0. The molecule has 1 N–H and O–H groups in total. The molecule has 2 aromatic carbocycles. The number of thiazole rings is 1. The maximum Gasteiger partial charge on any atom is 0.265 e. The molecule has 8 nitrogen and oxygen atoms in total. The van der Waals surface area contributed by atoms with Gasteiger partial charge in [-0.1, -0.05) is 6.08 Å². The van der Waals surface area contributed by atoms with E-state index in [-0.39, 0.29) is 22.5 Å². The molecule has 3 aromatic rings. The van der Waals surface area contributed by atoms with E-state index in [4.69, 9.17) is 9.47 Å². The molecule has 32 heavy (non-hydrogen) atoms. The van der Waals surface area contributed by atoms with Crippen molar-refractivity contribution in [1.29, 1.82) is 0 Å². The normalized spacial score (nSPS) is 13.3. The Hall–Kier alpha value is -3.37. The monoisotopic (exact) mass is 471 g/mol. The van der Waals surface area contributed by atoms with Crippen LogP contribution in [0.25, 0.3) is 11.3 Å². The lowest BCUT2D eigenvalue weighted by Gasteiger charge is -2.28. The zero-order valence-electron chi connectivity index (χ0n) is 17.5. The third kappa shape index (κ3) is 4.19. The second-order valence-electron chi connectivity index (χ2n) is 7.04. The number of carbonyl (C=O) groups excluding carboxylic acids is 1. The summed E-state index contributed by atoms with van der Waals surface area (Å²) in [5, 5.41) is 1.99. The Labute approximate surface area is 190 Å². The van der Waals surface area contributed by atoms with Gasteiger partial charge < -0.3 is 14.4 Å². The summed E-state index contributed by atoms with van der Waals surface area (Å²) in [5.41, 5.74) is 2.66. The molecule has 0 spiro atoms. The lowest BCUT2D eigenvalue weighted by molar-refractivity contribution is -0.121. The number of amides is 1. The van der Waals surface area contributed by atoms with E-state index >= 15 is 0 Å². The second kappa shape index (κ2) is 8.64. The first-order chi connectivity index (χ1) is 15.3. The predicted octanol–water partition coefficient (Wildman–Crippen LogP) is 3.84. The number of aromatic nitrogens is 1. The minimum Gasteiger partial charge on any atom is -0.496 e. The molecular weight excluding hydrogens is 450 g/mol. The second-order valence-corrected chi connectivity index (χ2v) is 9.58. The van der Waals surface area contributed by atoms with Gasteiger partial charge in [-0.15, -0.1) is 17.9 Å². The smallest absolute Gasteiger partial charge is 0.265 e. The molecule has 1 aliphatic rings. The number of hydrogen-bond donors (Lipinski definition) is 1. The SMILES string of the molecule is C=CCN1C(=O)COc2ccc(-c3csc(NS(=O)(=O)c4ccc(OC)c(C)c4)n3)cc21. The van der Waals surface area contributed by atoms with Gasteiger partial charge in [0.1, 0.15) is 11.5 Å². The minimum atomic E-state index is -3.81. The largest absolute Gasteiger partial charge is 0.496 e. The molecule has 1 amide bonds. The molecule has 1 aliphatic heterocycles. The first-order valence-electron chi connectivity index (χ1n) is 9.64. The highest BCUT2D eigenvalue weighted by atomic mass is 32.2. The van der Waals surface area contributed by atoms with E-state index in [0.717, 1.165) is 5.56 Å². The van der Waals surface area contributed by atoms with Crippen LogP contribution in [0.3, 0.4) is 0 Å². The topological polar surface area (TPSA) is 97.8 Å². The fraction of sp³-hybridized carbons (Fsp3) is 0.182. The van der Waals surface area contributed by atoms with Gasteiger partial charge in [-0.25, -0.2) is 13.4 Å². The summed E-state index contributed by atoms with van der Waals surface area (Å²) in [6.45, 7) is 5.82. The van der Waals surface area contributed by atoms with Gasteiger partial charge in [-0.2, -0.15) is 0 Å². The summed E-state index contributed by atoms with van der Waals surface area (Å²) in [5.74, 6) is 1.05. The molecule has 2 heterocycles. The Morgan fingerprint density at radius 2 is 2.12 bits per heavy atom. The van der Waals surface area contributed by atoms with E-state index in [1.807, 2.05) is 6.07 Å². The predicted molar refractivity (Wildman–Crippen MR) is 124 cm³/mol. The standard InChI is InChI=1S/C22H21N3O5S2/c1-4-9-25-18-11-15(5-7-20(18)30-12-21(25)26)17-13-31-22(23-17)24-32(27,28)16-6-8-19(29-3)14(2)10-16/h4-8,10-11,13H,1,9,12H2,2-3H3,(H,23,24). The number of sulfonamides is 1. The van der Waals surface area contributed by atoms with Crippen molar-refractivity contribution in [3.8, 4) is 22.8 Å². The highest BCUT2D eigenvalue weighted by molar-refractivity contribution is 7.93. The van der Waals surface area contributed by atoms with Crippen molar-refractivity contribution in [2.24, 2.45) is 0 Å². The number of methoxy groups -OCH3 is 1. The lowest BCUT2D eigenvalue weighted by Crippen LogP contribution is -2.38. The first kappa shape index (κ1) is 21.8. The maximum absolute atomic E-state index is 12.8. The molecule has 0 unspecified atom stereocenters. The van der Waals surface area contributed by atoms with Crippen LogP contribution in [0.5, 0.6) is 11.5 Å². The number of carbonyl (C=O) groups is 1. The minimum absolute atomic E-state index is 0.0202. The Morgan fingerprint density at radius 1 is 1.31 bits per heavy atom. The van der Waals surface area contributed by atoms with E-state index < -0.39 is 10.0 Å². The number of rotatable bonds is 7. The van der Waals surface area contributed by atoms with Crippen LogP contribution in [0.1, 0.15) is 5.56 Å². The summed E-state index contributed by atoms with van der Waals surface area (Å²) < 4.78 is 38.8. The van der Waals surface area contributed by atoms with Crippen LogP contribution >= 0.6 is 11.3 Å². The third-order valence-corrected chi connectivity index (χ3v) is 7.14. The number of nitrogens with zero attached hydrogens (tertiary/aromatic N) is 2. The number of ether oxygens (including phenoxy) is 2. The number of nitrogens with one attached hydrogen (secondary N) is 1. The lowest BCUT2D eigenvalue weighted by atomic mass is 10.1. The number of anilines is 2. The van der Waals surface area contributed by atoms with Crippen LogP contribution in [0, 0.1) is 6.92 Å². The highest BCUT2D eigenvalue weighted by Gasteiger charge is 2.25. The molecule has 4 rings (SSSR count). The summed E-state index contributed by atoms with van der Waals surface area (Å²) >= 11 is 1.17. The van der Waals surface area contributed by atoms with E-state index in [9.17, 15) is 13.2 Å². The highest BCUT2D eigenvalue weighted by Crippen LogP contribution is 2.37. The molecule has 0 saturated carbocycles. The molecule has 1 aromatic heterocycles. The van der Waals surface area contributed by atoms with Crippen LogP contribution in [-0.2, 0) is 14.8 Å². The Balaban J connectivity index is 1.60. The van der Waals surface area contributed by atoms with Gasteiger partial charge in [0.05, 0.1) is 23.4 Å². The average Bonchev–Trinajstić information content (AvgIpc) is 3.23. The molecule has 10 heteroatoms. The quantitative estimate of drug-likeness (QED) is 0.526. The number of benzene rings is 2. The number of fused-ring (bicyclic) bond motifs is 1. The van der Waals surface area contributed by atoms with Gasteiger partial charge in [0, 0.05) is 17.5 Å². The maximum atomic E-state index is 12.8. The fourth-order valence-electron chi connectivity index (χ4n) is 3.34. The molecule has 0 radical (unpaired) electrons. The van der Waals surface area contributed by atoms with Crippen molar-refractivity contribution in [1.82, 2.24) is 4.98 Å². The number of hydrogen-bond acceptors (Lipinski definition) is 7.